The van der Waals surface area contributed by atoms with E-state index in [1.807, 2.05) is 20.9 Å². The van der Waals surface area contributed by atoms with Gasteiger partial charge in [-0.25, -0.2) is 13.6 Å². The normalized spacial score (nSPS) is 18.4. The average molecular weight is 421 g/mol. The number of hydrogen-bond donors (Lipinski definition) is 1. The molecule has 0 fully saturated rings. The number of carbonyl (C=O) groups excluding carboxylic acids is 1. The zero-order valence-electron chi connectivity index (χ0n) is 18.0. The molecule has 0 bridgehead atoms. The molecule has 6 nitrogen and oxygen atoms in total. The van der Waals surface area contributed by atoms with Crippen LogP contribution < -0.4 is 10.2 Å². The lowest BCUT2D eigenvalue weighted by Crippen LogP contribution is -2.47. The SMILES string of the molecule is CCOC(=O)N1c2c(c(C)nn2C)C(NCc2cc(CF)cc(CF)c2)CC1CC. The number of anilines is 1. The number of nitrogens with one attached hydrogen (secondary N) is 1. The Hall–Kier alpha value is -2.48. The molecule has 1 N–H and O–H groups in total. The van der Waals surface area contributed by atoms with Crippen LogP contribution in [0.1, 0.15) is 60.7 Å². The van der Waals surface area contributed by atoms with Crippen LogP contribution in [0.25, 0.3) is 0 Å². The van der Waals surface area contributed by atoms with Crippen molar-refractivity contribution >= 4 is 11.9 Å². The van der Waals surface area contributed by atoms with Gasteiger partial charge in [-0.2, -0.15) is 5.10 Å². The third-order valence-electron chi connectivity index (χ3n) is 5.60. The van der Waals surface area contributed by atoms with E-state index in [0.29, 0.717) is 30.7 Å². The Morgan fingerprint density at radius 1 is 1.20 bits per heavy atom. The van der Waals surface area contributed by atoms with E-state index >= 15 is 0 Å². The van der Waals surface area contributed by atoms with E-state index in [-0.39, 0.29) is 18.2 Å². The van der Waals surface area contributed by atoms with E-state index in [2.05, 4.69) is 10.4 Å². The largest absolute Gasteiger partial charge is 0.449 e. The highest BCUT2D eigenvalue weighted by atomic mass is 19.1. The van der Waals surface area contributed by atoms with E-state index in [0.717, 1.165) is 29.1 Å². The lowest BCUT2D eigenvalue weighted by Gasteiger charge is -2.38. The fourth-order valence-corrected chi connectivity index (χ4v) is 4.32. The predicted octanol–water partition coefficient (Wildman–Crippen LogP) is 4.64. The third kappa shape index (κ3) is 4.33. The number of amides is 1. The molecule has 30 heavy (non-hydrogen) atoms. The molecule has 1 amide bonds. The summed E-state index contributed by atoms with van der Waals surface area (Å²) >= 11 is 0. The van der Waals surface area contributed by atoms with Gasteiger partial charge in [0.1, 0.15) is 19.2 Å². The fraction of sp³-hybridized carbons (Fsp3) is 0.545. The first-order chi connectivity index (χ1) is 14.4. The molecule has 2 atom stereocenters. The maximum atomic E-state index is 13.1. The van der Waals surface area contributed by atoms with Crippen LogP contribution in [0.4, 0.5) is 19.4 Å². The van der Waals surface area contributed by atoms with Crippen molar-refractivity contribution in [2.24, 2.45) is 7.05 Å². The van der Waals surface area contributed by atoms with E-state index < -0.39 is 13.3 Å². The summed E-state index contributed by atoms with van der Waals surface area (Å²) in [5.41, 5.74) is 3.59. The van der Waals surface area contributed by atoms with Crippen molar-refractivity contribution in [2.75, 3.05) is 11.5 Å². The fourth-order valence-electron chi connectivity index (χ4n) is 4.32. The zero-order valence-corrected chi connectivity index (χ0v) is 18.0. The maximum Gasteiger partial charge on any atom is 0.415 e. The van der Waals surface area contributed by atoms with Crippen LogP contribution in [-0.4, -0.2) is 28.5 Å². The van der Waals surface area contributed by atoms with Gasteiger partial charge in [0, 0.05) is 31.2 Å². The van der Waals surface area contributed by atoms with Gasteiger partial charge in [-0.05, 0) is 43.4 Å². The topological polar surface area (TPSA) is 59.4 Å². The molecule has 8 heteroatoms. The van der Waals surface area contributed by atoms with Gasteiger partial charge in [0.25, 0.3) is 0 Å². The van der Waals surface area contributed by atoms with Crippen LogP contribution in [-0.2, 0) is 31.7 Å². The summed E-state index contributed by atoms with van der Waals surface area (Å²) in [6.45, 7) is 5.29. The molecule has 0 radical (unpaired) electrons. The minimum Gasteiger partial charge on any atom is -0.449 e. The van der Waals surface area contributed by atoms with Crippen molar-refractivity contribution in [2.45, 2.75) is 65.6 Å². The molecule has 0 spiro atoms. The van der Waals surface area contributed by atoms with Crippen molar-refractivity contribution in [3.63, 3.8) is 0 Å². The molecule has 164 valence electrons. The number of fused-ring (bicyclic) bond motifs is 1. The van der Waals surface area contributed by atoms with E-state index in [4.69, 9.17) is 4.74 Å². The number of aromatic nitrogens is 2. The van der Waals surface area contributed by atoms with Gasteiger partial charge in [0.2, 0.25) is 0 Å². The average Bonchev–Trinajstić information content (AvgIpc) is 3.05. The number of ether oxygens (including phenoxy) is 1. The van der Waals surface area contributed by atoms with Gasteiger partial charge in [-0.1, -0.05) is 25.1 Å². The molecule has 3 rings (SSSR count). The number of hydrogen-bond acceptors (Lipinski definition) is 4. The summed E-state index contributed by atoms with van der Waals surface area (Å²) in [5.74, 6) is 0.739. The Labute approximate surface area is 176 Å². The Bertz CT molecular complexity index is 877. The molecule has 1 aliphatic heterocycles. The molecular formula is C22H30F2N4O2. The molecule has 1 aliphatic rings. The zero-order chi connectivity index (χ0) is 21.8. The Morgan fingerprint density at radius 3 is 2.40 bits per heavy atom. The summed E-state index contributed by atoms with van der Waals surface area (Å²) in [6, 6.07) is 5.00. The van der Waals surface area contributed by atoms with Crippen LogP contribution in [0.5, 0.6) is 0 Å². The van der Waals surface area contributed by atoms with Crippen molar-refractivity contribution in [3.8, 4) is 0 Å². The third-order valence-corrected chi connectivity index (χ3v) is 5.60. The summed E-state index contributed by atoms with van der Waals surface area (Å²) < 4.78 is 33.3. The lowest BCUT2D eigenvalue weighted by atomic mass is 9.91. The summed E-state index contributed by atoms with van der Waals surface area (Å²) in [4.78, 5) is 14.4. The molecule has 1 aromatic carbocycles. The monoisotopic (exact) mass is 420 g/mol. The number of nitrogens with zero attached hydrogens (tertiary/aromatic N) is 3. The molecular weight excluding hydrogens is 390 g/mol. The standard InChI is InChI=1S/C22H30F2N4O2/c1-5-18-10-19(25-13-17-8-15(11-23)7-16(9-17)12-24)20-14(3)26-27(4)21(20)28(18)22(29)30-6-2/h7-9,18-19,25H,5-6,10-13H2,1-4H3. The number of aryl methyl sites for hydroxylation is 2. The van der Waals surface area contributed by atoms with Gasteiger partial charge in [0.05, 0.1) is 12.3 Å². The highest BCUT2D eigenvalue weighted by Gasteiger charge is 2.39. The Kier molecular flexibility index (Phi) is 7.07. The van der Waals surface area contributed by atoms with Crippen LogP contribution in [0.3, 0.4) is 0 Å². The van der Waals surface area contributed by atoms with Gasteiger partial charge in [-0.3, -0.25) is 9.58 Å². The van der Waals surface area contributed by atoms with Crippen LogP contribution >= 0.6 is 0 Å². The van der Waals surface area contributed by atoms with Crippen LogP contribution in [0, 0.1) is 6.92 Å². The first kappa shape index (κ1) is 22.2. The number of alkyl halides is 2. The van der Waals surface area contributed by atoms with Crippen molar-refractivity contribution in [1.29, 1.82) is 0 Å². The second kappa shape index (κ2) is 9.55. The first-order valence-electron chi connectivity index (χ1n) is 10.4. The summed E-state index contributed by atoms with van der Waals surface area (Å²) in [5, 5.41) is 8.07. The minimum absolute atomic E-state index is 0.0350. The summed E-state index contributed by atoms with van der Waals surface area (Å²) in [7, 11) is 1.82. The molecule has 2 unspecified atom stereocenters. The number of benzene rings is 1. The lowest BCUT2D eigenvalue weighted by molar-refractivity contribution is 0.154. The second-order valence-electron chi connectivity index (χ2n) is 7.67. The van der Waals surface area contributed by atoms with E-state index in [1.165, 1.54) is 0 Å². The van der Waals surface area contributed by atoms with Gasteiger partial charge in [-0.15, -0.1) is 0 Å². The Balaban J connectivity index is 1.91. The Morgan fingerprint density at radius 2 is 1.83 bits per heavy atom. The van der Waals surface area contributed by atoms with Gasteiger partial charge in [0.15, 0.2) is 0 Å². The summed E-state index contributed by atoms with van der Waals surface area (Å²) in [6.07, 6.45) is 1.10. The number of carbonyl (C=O) groups is 1. The molecule has 0 saturated heterocycles. The molecule has 0 aliphatic carbocycles. The molecule has 2 heterocycles. The highest BCUT2D eigenvalue weighted by molar-refractivity contribution is 5.89. The van der Waals surface area contributed by atoms with E-state index in [9.17, 15) is 13.6 Å². The van der Waals surface area contributed by atoms with Crippen LogP contribution in [0.15, 0.2) is 18.2 Å². The number of rotatable bonds is 7. The molecule has 0 saturated carbocycles. The van der Waals surface area contributed by atoms with E-state index in [1.54, 1.807) is 34.7 Å². The van der Waals surface area contributed by atoms with Crippen molar-refractivity contribution in [3.05, 3.63) is 46.1 Å². The maximum absolute atomic E-state index is 13.1. The quantitative estimate of drug-likeness (QED) is 0.709. The highest BCUT2D eigenvalue weighted by Crippen LogP contribution is 2.40. The smallest absolute Gasteiger partial charge is 0.415 e. The van der Waals surface area contributed by atoms with Crippen molar-refractivity contribution in [1.82, 2.24) is 15.1 Å². The second-order valence-corrected chi connectivity index (χ2v) is 7.67. The van der Waals surface area contributed by atoms with Crippen LogP contribution in [0.2, 0.25) is 0 Å². The van der Waals surface area contributed by atoms with Gasteiger partial charge < -0.3 is 10.1 Å². The predicted molar refractivity (Wildman–Crippen MR) is 112 cm³/mol. The number of halogens is 2. The first-order valence-corrected chi connectivity index (χ1v) is 10.4. The molecule has 1 aromatic heterocycles. The van der Waals surface area contributed by atoms with Crippen molar-refractivity contribution < 1.29 is 18.3 Å². The molecule has 2 aromatic rings. The van der Waals surface area contributed by atoms with Gasteiger partial charge >= 0.3 is 6.09 Å². The minimum atomic E-state index is -0.622.